The molecule has 0 spiro atoms. The normalized spacial score (nSPS) is 17.2. The maximum absolute atomic E-state index is 12.5. The summed E-state index contributed by atoms with van der Waals surface area (Å²) in [4.78, 5) is 33.0. The maximum Gasteiger partial charge on any atom is 0.252 e. The number of nitrogens with zero attached hydrogens (tertiary/aromatic N) is 2. The first-order valence-electron chi connectivity index (χ1n) is 8.99. The summed E-state index contributed by atoms with van der Waals surface area (Å²) in [6.07, 6.45) is 1.93. The van der Waals surface area contributed by atoms with Crippen LogP contribution in [-0.4, -0.2) is 46.5 Å². The van der Waals surface area contributed by atoms with Gasteiger partial charge in [-0.1, -0.05) is 30.3 Å². The first-order valence-corrected chi connectivity index (χ1v) is 8.99. The molecule has 1 saturated heterocycles. The van der Waals surface area contributed by atoms with Crippen molar-refractivity contribution in [1.29, 1.82) is 0 Å². The smallest absolute Gasteiger partial charge is 0.252 e. The summed E-state index contributed by atoms with van der Waals surface area (Å²) in [5.74, 6) is 0.488. The third-order valence-electron chi connectivity index (χ3n) is 4.48. The lowest BCUT2D eigenvalue weighted by molar-refractivity contribution is -0.125. The van der Waals surface area contributed by atoms with Gasteiger partial charge < -0.3 is 10.6 Å². The lowest BCUT2D eigenvalue weighted by atomic mass is 10.1. The Morgan fingerprint density at radius 2 is 2.12 bits per heavy atom. The zero-order valence-electron chi connectivity index (χ0n) is 15.0. The summed E-state index contributed by atoms with van der Waals surface area (Å²) in [7, 11) is 0. The number of benzene rings is 1. The first kappa shape index (κ1) is 18.1. The van der Waals surface area contributed by atoms with E-state index in [0.717, 1.165) is 25.9 Å². The Morgan fingerprint density at radius 3 is 2.88 bits per heavy atom. The van der Waals surface area contributed by atoms with Gasteiger partial charge in [-0.15, -0.1) is 0 Å². The van der Waals surface area contributed by atoms with Crippen LogP contribution >= 0.6 is 0 Å². The SMILES string of the molecule is Cc1cc(=O)[nH]c(NCCNC(=O)[C@@H]2CCCN2Cc2ccccc2)n1. The number of aromatic amines is 1. The summed E-state index contributed by atoms with van der Waals surface area (Å²) in [6.45, 7) is 4.49. The fourth-order valence-corrected chi connectivity index (χ4v) is 3.28. The Bertz CT molecular complexity index is 790. The number of rotatable bonds is 7. The van der Waals surface area contributed by atoms with Gasteiger partial charge in [-0.2, -0.15) is 0 Å². The van der Waals surface area contributed by atoms with Crippen LogP contribution in [-0.2, 0) is 11.3 Å². The van der Waals surface area contributed by atoms with Gasteiger partial charge >= 0.3 is 0 Å². The minimum atomic E-state index is -0.188. The lowest BCUT2D eigenvalue weighted by Gasteiger charge is -2.23. The minimum Gasteiger partial charge on any atom is -0.354 e. The molecular formula is C19H25N5O2. The van der Waals surface area contributed by atoms with Crippen molar-refractivity contribution in [1.82, 2.24) is 20.2 Å². The molecule has 26 heavy (non-hydrogen) atoms. The van der Waals surface area contributed by atoms with Crippen LogP contribution in [0.3, 0.4) is 0 Å². The topological polar surface area (TPSA) is 90.1 Å². The molecule has 3 rings (SSSR count). The fourth-order valence-electron chi connectivity index (χ4n) is 3.28. The zero-order valence-corrected chi connectivity index (χ0v) is 15.0. The molecule has 0 radical (unpaired) electrons. The molecule has 0 bridgehead atoms. The van der Waals surface area contributed by atoms with Gasteiger partial charge in [0, 0.05) is 31.4 Å². The average molecular weight is 355 g/mol. The van der Waals surface area contributed by atoms with Crippen molar-refractivity contribution in [2.75, 3.05) is 25.0 Å². The largest absolute Gasteiger partial charge is 0.354 e. The van der Waals surface area contributed by atoms with Gasteiger partial charge in [-0.3, -0.25) is 19.5 Å². The monoisotopic (exact) mass is 355 g/mol. The molecule has 1 atom stereocenters. The molecule has 1 aliphatic heterocycles. The standard InChI is InChI=1S/C19H25N5O2/c1-14-12-17(25)23-19(22-14)21-10-9-20-18(26)16-8-5-11-24(16)13-15-6-3-2-4-7-15/h2-4,6-7,12,16H,5,8-11,13H2,1H3,(H,20,26)(H2,21,22,23,25)/t16-/m0/s1. The Balaban J connectivity index is 1.45. The number of carbonyl (C=O) groups is 1. The number of H-pyrrole nitrogens is 1. The second kappa shape index (κ2) is 8.62. The van der Waals surface area contributed by atoms with E-state index in [0.29, 0.717) is 24.7 Å². The summed E-state index contributed by atoms with van der Waals surface area (Å²) in [5, 5.41) is 6.01. The molecule has 1 aromatic heterocycles. The number of hydrogen-bond donors (Lipinski definition) is 3. The summed E-state index contributed by atoms with van der Waals surface area (Å²) in [6, 6.07) is 11.6. The lowest BCUT2D eigenvalue weighted by Crippen LogP contribution is -2.44. The highest BCUT2D eigenvalue weighted by atomic mass is 16.2. The van der Waals surface area contributed by atoms with Gasteiger partial charge in [0.25, 0.3) is 5.56 Å². The van der Waals surface area contributed by atoms with Crippen molar-refractivity contribution >= 4 is 11.9 Å². The van der Waals surface area contributed by atoms with Gasteiger partial charge in [-0.25, -0.2) is 4.98 Å². The van der Waals surface area contributed by atoms with Crippen LogP contribution in [0.15, 0.2) is 41.2 Å². The number of anilines is 1. The van der Waals surface area contributed by atoms with Crippen LogP contribution in [0.5, 0.6) is 0 Å². The molecule has 1 aromatic carbocycles. The fraction of sp³-hybridized carbons (Fsp3) is 0.421. The van der Waals surface area contributed by atoms with E-state index < -0.39 is 0 Å². The van der Waals surface area contributed by atoms with E-state index in [4.69, 9.17) is 0 Å². The minimum absolute atomic E-state index is 0.0610. The first-order chi connectivity index (χ1) is 12.6. The Kier molecular flexibility index (Phi) is 6.01. The second-order valence-electron chi connectivity index (χ2n) is 6.57. The number of amides is 1. The molecule has 1 amide bonds. The van der Waals surface area contributed by atoms with Gasteiger partial charge in [0.1, 0.15) is 0 Å². The number of likely N-dealkylation sites (tertiary alicyclic amines) is 1. The molecule has 3 N–H and O–H groups in total. The molecule has 2 heterocycles. The zero-order chi connectivity index (χ0) is 18.4. The molecule has 0 unspecified atom stereocenters. The number of carbonyl (C=O) groups excluding carboxylic acids is 1. The van der Waals surface area contributed by atoms with Crippen LogP contribution in [0.2, 0.25) is 0 Å². The van der Waals surface area contributed by atoms with Crippen molar-refractivity contribution in [3.63, 3.8) is 0 Å². The molecule has 1 fully saturated rings. The third-order valence-corrected chi connectivity index (χ3v) is 4.48. The Hall–Kier alpha value is -2.67. The summed E-state index contributed by atoms with van der Waals surface area (Å²) in [5.41, 5.74) is 1.69. The van der Waals surface area contributed by atoms with Crippen LogP contribution in [0, 0.1) is 6.92 Å². The van der Waals surface area contributed by atoms with E-state index in [1.54, 1.807) is 6.92 Å². The van der Waals surface area contributed by atoms with Crippen LogP contribution in [0.1, 0.15) is 24.1 Å². The number of aryl methyl sites for hydroxylation is 1. The highest BCUT2D eigenvalue weighted by molar-refractivity contribution is 5.82. The Labute approximate surface area is 152 Å². The van der Waals surface area contributed by atoms with Crippen molar-refractivity contribution in [3.8, 4) is 0 Å². The highest BCUT2D eigenvalue weighted by Crippen LogP contribution is 2.20. The van der Waals surface area contributed by atoms with E-state index in [9.17, 15) is 9.59 Å². The number of hydrogen-bond acceptors (Lipinski definition) is 5. The molecule has 138 valence electrons. The van der Waals surface area contributed by atoms with E-state index in [-0.39, 0.29) is 17.5 Å². The van der Waals surface area contributed by atoms with Crippen molar-refractivity contribution < 1.29 is 4.79 Å². The van der Waals surface area contributed by atoms with Crippen molar-refractivity contribution in [2.24, 2.45) is 0 Å². The predicted molar refractivity (Wildman–Crippen MR) is 101 cm³/mol. The predicted octanol–water partition coefficient (Wildman–Crippen LogP) is 1.27. The van der Waals surface area contributed by atoms with Crippen molar-refractivity contribution in [3.05, 3.63) is 58.0 Å². The summed E-state index contributed by atoms with van der Waals surface area (Å²) < 4.78 is 0. The average Bonchev–Trinajstić information content (AvgIpc) is 3.07. The van der Waals surface area contributed by atoms with Gasteiger partial charge in [0.15, 0.2) is 0 Å². The quantitative estimate of drug-likeness (QED) is 0.651. The van der Waals surface area contributed by atoms with Crippen LogP contribution in [0.4, 0.5) is 5.95 Å². The van der Waals surface area contributed by atoms with Gasteiger partial charge in [0.2, 0.25) is 11.9 Å². The van der Waals surface area contributed by atoms with Gasteiger partial charge in [-0.05, 0) is 31.9 Å². The van der Waals surface area contributed by atoms with E-state index in [2.05, 4.69) is 37.6 Å². The molecule has 2 aromatic rings. The maximum atomic E-state index is 12.5. The number of aromatic nitrogens is 2. The third kappa shape index (κ3) is 4.92. The molecule has 0 aliphatic carbocycles. The van der Waals surface area contributed by atoms with E-state index in [1.807, 2.05) is 18.2 Å². The van der Waals surface area contributed by atoms with E-state index in [1.165, 1.54) is 11.6 Å². The highest BCUT2D eigenvalue weighted by Gasteiger charge is 2.30. The number of nitrogens with one attached hydrogen (secondary N) is 3. The van der Waals surface area contributed by atoms with Gasteiger partial charge in [0.05, 0.1) is 6.04 Å². The molecule has 7 heteroatoms. The molecular weight excluding hydrogens is 330 g/mol. The van der Waals surface area contributed by atoms with Crippen LogP contribution in [0.25, 0.3) is 0 Å². The van der Waals surface area contributed by atoms with E-state index >= 15 is 0 Å². The summed E-state index contributed by atoms with van der Waals surface area (Å²) >= 11 is 0. The van der Waals surface area contributed by atoms with Crippen molar-refractivity contribution in [2.45, 2.75) is 32.4 Å². The molecule has 7 nitrogen and oxygen atoms in total. The van der Waals surface area contributed by atoms with Crippen LogP contribution < -0.4 is 16.2 Å². The second-order valence-corrected chi connectivity index (χ2v) is 6.57. The molecule has 0 saturated carbocycles. The molecule has 1 aliphatic rings. The Morgan fingerprint density at radius 1 is 1.31 bits per heavy atom.